The number of anilines is 1. The molecule has 0 unspecified atom stereocenters. The SMILES string of the molecule is CC(C)(C)c1cc(NC(=O)NC2CCC(Oc3ccc4nnc(-c5cccc(OCCN6CCOCC6)c5)n4c3)CC2)n(-c2ccccc2)n1. The Morgan fingerprint density at radius 2 is 1.72 bits per heavy atom. The smallest absolute Gasteiger partial charge is 0.320 e. The van der Waals surface area contributed by atoms with Crippen LogP contribution in [0.5, 0.6) is 11.5 Å². The summed E-state index contributed by atoms with van der Waals surface area (Å²) in [6, 6.07) is 23.5. The van der Waals surface area contributed by atoms with E-state index in [9.17, 15) is 4.79 Å². The highest BCUT2D eigenvalue weighted by atomic mass is 16.5. The summed E-state index contributed by atoms with van der Waals surface area (Å²) in [4.78, 5) is 15.5. The number of aromatic nitrogens is 5. The number of morpholine rings is 1. The fraction of sp³-hybridized carbons (Fsp3) is 0.421. The highest BCUT2D eigenvalue weighted by Crippen LogP contribution is 2.29. The van der Waals surface area contributed by atoms with E-state index in [2.05, 4.69) is 46.5 Å². The fourth-order valence-electron chi connectivity index (χ4n) is 6.44. The molecule has 7 rings (SSSR count). The molecule has 262 valence electrons. The van der Waals surface area contributed by atoms with Crippen LogP contribution in [0.4, 0.5) is 10.6 Å². The Hall–Kier alpha value is -4.94. The van der Waals surface area contributed by atoms with Crippen LogP contribution in [0.25, 0.3) is 22.7 Å². The maximum Gasteiger partial charge on any atom is 0.320 e. The zero-order valence-electron chi connectivity index (χ0n) is 29.0. The van der Waals surface area contributed by atoms with Gasteiger partial charge in [0.2, 0.25) is 0 Å². The van der Waals surface area contributed by atoms with Gasteiger partial charge in [0.1, 0.15) is 23.9 Å². The topological polar surface area (TPSA) is 120 Å². The van der Waals surface area contributed by atoms with Crippen molar-refractivity contribution in [3.63, 3.8) is 0 Å². The van der Waals surface area contributed by atoms with Crippen LogP contribution < -0.4 is 20.1 Å². The summed E-state index contributed by atoms with van der Waals surface area (Å²) in [7, 11) is 0. The van der Waals surface area contributed by atoms with Gasteiger partial charge in [0.25, 0.3) is 0 Å². The van der Waals surface area contributed by atoms with Crippen molar-refractivity contribution < 1.29 is 19.0 Å². The van der Waals surface area contributed by atoms with E-state index in [4.69, 9.17) is 19.3 Å². The van der Waals surface area contributed by atoms with Crippen molar-refractivity contribution in [1.82, 2.24) is 34.6 Å². The number of para-hydroxylation sites is 1. The van der Waals surface area contributed by atoms with Crippen molar-refractivity contribution in [3.05, 3.63) is 84.7 Å². The van der Waals surface area contributed by atoms with Crippen LogP contribution in [0.3, 0.4) is 0 Å². The van der Waals surface area contributed by atoms with E-state index < -0.39 is 0 Å². The second kappa shape index (κ2) is 14.9. The summed E-state index contributed by atoms with van der Waals surface area (Å²) in [5.41, 5.74) is 3.31. The summed E-state index contributed by atoms with van der Waals surface area (Å²) in [6.07, 6.45) is 5.31. The first kappa shape index (κ1) is 33.6. The minimum atomic E-state index is -0.232. The Balaban J connectivity index is 0.936. The predicted molar refractivity (Wildman–Crippen MR) is 192 cm³/mol. The first-order valence-corrected chi connectivity index (χ1v) is 17.6. The van der Waals surface area contributed by atoms with Gasteiger partial charge in [0.15, 0.2) is 11.5 Å². The van der Waals surface area contributed by atoms with E-state index in [1.165, 1.54) is 0 Å². The van der Waals surface area contributed by atoms with Crippen molar-refractivity contribution in [1.29, 1.82) is 0 Å². The van der Waals surface area contributed by atoms with Gasteiger partial charge in [0.05, 0.1) is 36.9 Å². The van der Waals surface area contributed by atoms with Gasteiger partial charge in [-0.1, -0.05) is 51.1 Å². The molecule has 12 nitrogen and oxygen atoms in total. The van der Waals surface area contributed by atoms with Gasteiger partial charge in [0, 0.05) is 42.7 Å². The number of carbonyl (C=O) groups is 1. The number of ether oxygens (including phenoxy) is 3. The number of hydrogen-bond donors (Lipinski definition) is 2. The molecule has 2 fully saturated rings. The molecule has 2 aromatic carbocycles. The number of benzene rings is 2. The Kier molecular flexibility index (Phi) is 9.99. The molecule has 4 heterocycles. The molecule has 0 radical (unpaired) electrons. The Morgan fingerprint density at radius 1 is 0.920 bits per heavy atom. The molecule has 1 saturated carbocycles. The number of fused-ring (bicyclic) bond motifs is 1. The van der Waals surface area contributed by atoms with Gasteiger partial charge < -0.3 is 19.5 Å². The van der Waals surface area contributed by atoms with Crippen LogP contribution >= 0.6 is 0 Å². The van der Waals surface area contributed by atoms with Crippen molar-refractivity contribution in [2.24, 2.45) is 0 Å². The van der Waals surface area contributed by atoms with E-state index >= 15 is 0 Å². The molecule has 50 heavy (non-hydrogen) atoms. The molecule has 12 heteroatoms. The van der Waals surface area contributed by atoms with Crippen LogP contribution in [0.2, 0.25) is 0 Å². The molecular formula is C38H46N8O4. The number of pyridine rings is 1. The maximum atomic E-state index is 13.2. The Bertz CT molecular complexity index is 1890. The Morgan fingerprint density at radius 3 is 2.50 bits per heavy atom. The Labute approximate surface area is 292 Å². The maximum absolute atomic E-state index is 13.2. The lowest BCUT2D eigenvalue weighted by molar-refractivity contribution is 0.0322. The average Bonchev–Trinajstić information content (AvgIpc) is 3.75. The third-order valence-electron chi connectivity index (χ3n) is 9.28. The van der Waals surface area contributed by atoms with Crippen LogP contribution in [-0.2, 0) is 10.2 Å². The lowest BCUT2D eigenvalue weighted by atomic mass is 9.92. The minimum Gasteiger partial charge on any atom is -0.492 e. The highest BCUT2D eigenvalue weighted by Gasteiger charge is 2.26. The standard InChI is InChI=1S/C38H46N8O4/c1-38(2,3)33-25-35(46(43-33)29-9-5-4-6-10-29)40-37(47)39-28-12-14-30(15-13-28)50-32-16-17-34-41-42-36(45(34)26-32)27-8-7-11-31(24-27)49-23-20-44-18-21-48-22-19-44/h4-11,16-17,24-26,28,30H,12-15,18-23H2,1-3H3,(H2,39,40,47). The van der Waals surface area contributed by atoms with Gasteiger partial charge in [-0.05, 0) is 62.1 Å². The van der Waals surface area contributed by atoms with Crippen LogP contribution in [0.15, 0.2) is 79.0 Å². The predicted octanol–water partition coefficient (Wildman–Crippen LogP) is 6.10. The number of urea groups is 1. The quantitative estimate of drug-likeness (QED) is 0.182. The van der Waals surface area contributed by atoms with Crippen molar-refractivity contribution >= 4 is 17.5 Å². The number of rotatable bonds is 10. The van der Waals surface area contributed by atoms with Gasteiger partial charge in [-0.25, -0.2) is 9.48 Å². The summed E-state index contributed by atoms with van der Waals surface area (Å²) in [5, 5.41) is 19.9. The summed E-state index contributed by atoms with van der Waals surface area (Å²) < 4.78 is 21.7. The molecule has 2 aliphatic rings. The van der Waals surface area contributed by atoms with Gasteiger partial charge >= 0.3 is 6.03 Å². The number of carbonyl (C=O) groups excluding carboxylic acids is 1. The molecule has 1 aliphatic heterocycles. The molecule has 2 amide bonds. The van der Waals surface area contributed by atoms with Gasteiger partial charge in [-0.2, -0.15) is 5.10 Å². The van der Waals surface area contributed by atoms with Crippen molar-refractivity contribution in [3.8, 4) is 28.6 Å². The third-order valence-corrected chi connectivity index (χ3v) is 9.28. The van der Waals surface area contributed by atoms with E-state index in [1.807, 2.05) is 83.4 Å². The number of amides is 2. The molecule has 5 aromatic rings. The van der Waals surface area contributed by atoms with Crippen LogP contribution in [0.1, 0.15) is 52.1 Å². The summed E-state index contributed by atoms with van der Waals surface area (Å²) >= 11 is 0. The summed E-state index contributed by atoms with van der Waals surface area (Å²) in [6.45, 7) is 11.3. The molecule has 0 spiro atoms. The van der Waals surface area contributed by atoms with Crippen molar-refractivity contribution in [2.45, 2.75) is 64.0 Å². The third kappa shape index (κ3) is 8.09. The largest absolute Gasteiger partial charge is 0.492 e. The normalized spacial score (nSPS) is 18.5. The lowest BCUT2D eigenvalue weighted by Crippen LogP contribution is -2.42. The van der Waals surface area contributed by atoms with Gasteiger partial charge in [-0.15, -0.1) is 10.2 Å². The number of nitrogens with zero attached hydrogens (tertiary/aromatic N) is 6. The second-order valence-electron chi connectivity index (χ2n) is 14.0. The summed E-state index contributed by atoms with van der Waals surface area (Å²) in [5.74, 6) is 2.93. The zero-order valence-corrected chi connectivity index (χ0v) is 29.0. The van der Waals surface area contributed by atoms with Crippen molar-refractivity contribution in [2.75, 3.05) is 44.8 Å². The van der Waals surface area contributed by atoms with E-state index in [0.717, 1.165) is 98.4 Å². The monoisotopic (exact) mass is 678 g/mol. The van der Waals surface area contributed by atoms with E-state index in [-0.39, 0.29) is 23.6 Å². The lowest BCUT2D eigenvalue weighted by Gasteiger charge is -2.29. The molecule has 0 atom stereocenters. The fourth-order valence-corrected chi connectivity index (χ4v) is 6.44. The average molecular weight is 679 g/mol. The van der Waals surface area contributed by atoms with Crippen LogP contribution in [0, 0.1) is 0 Å². The first-order chi connectivity index (χ1) is 24.3. The molecule has 1 saturated heterocycles. The molecule has 3 aromatic heterocycles. The molecule has 2 N–H and O–H groups in total. The number of nitrogens with one attached hydrogen (secondary N) is 2. The molecular weight excluding hydrogens is 632 g/mol. The van der Waals surface area contributed by atoms with Crippen LogP contribution in [-0.4, -0.2) is 86.9 Å². The zero-order chi connectivity index (χ0) is 34.5. The van der Waals surface area contributed by atoms with Gasteiger partial charge in [-0.3, -0.25) is 14.6 Å². The minimum absolute atomic E-state index is 0.0468. The van der Waals surface area contributed by atoms with E-state index in [1.54, 1.807) is 4.68 Å². The number of hydrogen-bond acceptors (Lipinski definition) is 8. The molecule has 1 aliphatic carbocycles. The second-order valence-corrected chi connectivity index (χ2v) is 14.0. The first-order valence-electron chi connectivity index (χ1n) is 17.6. The van der Waals surface area contributed by atoms with E-state index in [0.29, 0.717) is 12.4 Å². The molecule has 0 bridgehead atoms. The highest BCUT2D eigenvalue weighted by molar-refractivity contribution is 5.89.